The lowest BCUT2D eigenvalue weighted by molar-refractivity contribution is 0.566. The Labute approximate surface area is 137 Å². The molecule has 0 radical (unpaired) electrons. The minimum atomic E-state index is 0.456. The number of nitrogens with zero attached hydrogens (tertiary/aromatic N) is 2. The smallest absolute Gasteiger partial charge is 0.210 e. The molecule has 1 aromatic carbocycles. The number of isocyanates is 2. The zero-order chi connectivity index (χ0) is 17.1. The van der Waals surface area contributed by atoms with Crippen LogP contribution in [0.15, 0.2) is 27.0 Å². The quantitative estimate of drug-likeness (QED) is 0.421. The Morgan fingerprint density at radius 1 is 0.727 bits per heavy atom. The first kappa shape index (κ1) is 20.3. The highest BCUT2D eigenvalue weighted by Crippen LogP contribution is 2.26. The normalized spacial score (nSPS) is 9.86. The number of hydrogen-bond donors (Lipinski definition) is 0. The standard InChI is InChI=1S/C15H24.C2N2O2S/c1-10(2)13-7-14(11(3)4)9-15(8-13)12(5)6;5-1-3-7-4-2-6/h7-12H,1-6H3;. The molecule has 1 rings (SSSR count). The molecule has 0 aromatic heterocycles. The molecule has 0 amide bonds. The first-order chi connectivity index (χ1) is 10.3. The second-order valence-electron chi connectivity index (χ2n) is 5.84. The molecule has 0 unspecified atom stereocenters. The third kappa shape index (κ3) is 7.94. The lowest BCUT2D eigenvalue weighted by atomic mass is 9.90. The van der Waals surface area contributed by atoms with Crippen LogP contribution >= 0.6 is 12.1 Å². The van der Waals surface area contributed by atoms with Crippen molar-refractivity contribution in [2.75, 3.05) is 0 Å². The summed E-state index contributed by atoms with van der Waals surface area (Å²) in [5.41, 5.74) is 4.43. The molecule has 0 fully saturated rings. The Balaban J connectivity index is 0.000000534. The maximum atomic E-state index is 9.18. The van der Waals surface area contributed by atoms with Gasteiger partial charge in [-0.3, -0.25) is 0 Å². The van der Waals surface area contributed by atoms with Gasteiger partial charge < -0.3 is 0 Å². The summed E-state index contributed by atoms with van der Waals surface area (Å²) >= 11 is 0.456. The monoisotopic (exact) mass is 320 g/mol. The predicted molar refractivity (Wildman–Crippen MR) is 92.5 cm³/mol. The summed E-state index contributed by atoms with van der Waals surface area (Å²) in [7, 11) is 0. The van der Waals surface area contributed by atoms with Gasteiger partial charge in [-0.2, -0.15) is 0 Å². The first-order valence-electron chi connectivity index (χ1n) is 7.28. The molecule has 4 nitrogen and oxygen atoms in total. The average molecular weight is 320 g/mol. The highest BCUT2D eigenvalue weighted by molar-refractivity contribution is 7.96. The van der Waals surface area contributed by atoms with E-state index in [4.69, 9.17) is 0 Å². The summed E-state index contributed by atoms with van der Waals surface area (Å²) in [6.07, 6.45) is 2.34. The van der Waals surface area contributed by atoms with Gasteiger partial charge in [0.2, 0.25) is 12.2 Å². The fourth-order valence-corrected chi connectivity index (χ4v) is 1.86. The summed E-state index contributed by atoms with van der Waals surface area (Å²) in [5, 5.41) is 0. The number of carbonyl (C=O) groups excluding carboxylic acids is 2. The van der Waals surface area contributed by atoms with Gasteiger partial charge in [0.25, 0.3) is 0 Å². The summed E-state index contributed by atoms with van der Waals surface area (Å²) in [4.78, 5) is 18.4. The molecule has 0 aliphatic heterocycles. The molecule has 120 valence electrons. The van der Waals surface area contributed by atoms with E-state index >= 15 is 0 Å². The predicted octanol–water partition coefficient (Wildman–Crippen LogP) is 5.28. The molecule has 0 aliphatic carbocycles. The van der Waals surface area contributed by atoms with Crippen molar-refractivity contribution in [3.63, 3.8) is 0 Å². The molecular formula is C17H24N2O2S. The second-order valence-corrected chi connectivity index (χ2v) is 6.37. The van der Waals surface area contributed by atoms with Crippen molar-refractivity contribution in [3.05, 3.63) is 34.9 Å². The van der Waals surface area contributed by atoms with E-state index in [1.54, 1.807) is 0 Å². The summed E-state index contributed by atoms with van der Waals surface area (Å²) in [6.45, 7) is 13.6. The second kappa shape index (κ2) is 11.0. The number of hydrogen-bond acceptors (Lipinski definition) is 5. The molecule has 0 N–H and O–H groups in total. The zero-order valence-electron chi connectivity index (χ0n) is 14.1. The molecule has 5 heteroatoms. The summed E-state index contributed by atoms with van der Waals surface area (Å²) < 4.78 is 5.69. The van der Waals surface area contributed by atoms with Crippen LogP contribution in [0.2, 0.25) is 0 Å². The van der Waals surface area contributed by atoms with Crippen molar-refractivity contribution >= 4 is 24.3 Å². The van der Waals surface area contributed by atoms with Crippen LogP contribution in [-0.4, -0.2) is 12.2 Å². The Bertz CT molecular complexity index is 475. The van der Waals surface area contributed by atoms with Crippen molar-refractivity contribution < 1.29 is 9.59 Å². The third-order valence-electron chi connectivity index (χ3n) is 3.16. The Kier molecular flexibility index (Phi) is 10.1. The van der Waals surface area contributed by atoms with E-state index in [9.17, 15) is 9.59 Å². The lowest BCUT2D eigenvalue weighted by Gasteiger charge is -2.16. The van der Waals surface area contributed by atoms with Crippen LogP contribution in [0.4, 0.5) is 0 Å². The topological polar surface area (TPSA) is 58.9 Å². The molecule has 0 heterocycles. The average Bonchev–Trinajstić information content (AvgIpc) is 2.47. The van der Waals surface area contributed by atoms with Gasteiger partial charge in [-0.1, -0.05) is 59.7 Å². The lowest BCUT2D eigenvalue weighted by Crippen LogP contribution is -1.98. The van der Waals surface area contributed by atoms with Crippen LogP contribution in [0, 0.1) is 0 Å². The SMILES string of the molecule is CC(C)c1cc(C(C)C)cc(C(C)C)c1.O=C=NSN=C=O. The molecule has 0 aliphatic rings. The summed E-state index contributed by atoms with van der Waals surface area (Å²) in [5.74, 6) is 1.88. The maximum Gasteiger partial charge on any atom is 0.249 e. The van der Waals surface area contributed by atoms with Gasteiger partial charge in [-0.05, 0) is 34.4 Å². The van der Waals surface area contributed by atoms with Crippen LogP contribution in [0.1, 0.15) is 76.0 Å². The highest BCUT2D eigenvalue weighted by Gasteiger charge is 2.08. The largest absolute Gasteiger partial charge is 0.249 e. The molecule has 1 aromatic rings. The minimum Gasteiger partial charge on any atom is -0.210 e. The minimum absolute atomic E-state index is 0.456. The molecular weight excluding hydrogens is 296 g/mol. The van der Waals surface area contributed by atoms with E-state index in [1.165, 1.54) is 28.9 Å². The third-order valence-corrected chi connectivity index (χ3v) is 3.47. The Morgan fingerprint density at radius 3 is 1.18 bits per heavy atom. The van der Waals surface area contributed by atoms with Crippen molar-refractivity contribution in [3.8, 4) is 0 Å². The van der Waals surface area contributed by atoms with Gasteiger partial charge in [0.1, 0.15) is 12.1 Å². The van der Waals surface area contributed by atoms with Gasteiger partial charge in [-0.15, -0.1) is 8.80 Å². The van der Waals surface area contributed by atoms with E-state index in [0.717, 1.165) is 0 Å². The molecule has 0 bridgehead atoms. The van der Waals surface area contributed by atoms with Gasteiger partial charge >= 0.3 is 0 Å². The Morgan fingerprint density at radius 2 is 1.00 bits per heavy atom. The van der Waals surface area contributed by atoms with Gasteiger partial charge in [0.05, 0.1) is 0 Å². The Hall–Kier alpha value is -1.67. The van der Waals surface area contributed by atoms with Gasteiger partial charge in [-0.25, -0.2) is 9.59 Å². The van der Waals surface area contributed by atoms with Crippen LogP contribution in [0.25, 0.3) is 0 Å². The van der Waals surface area contributed by atoms with Gasteiger partial charge in [0, 0.05) is 0 Å². The fraction of sp³-hybridized carbons (Fsp3) is 0.529. The zero-order valence-corrected chi connectivity index (χ0v) is 14.9. The van der Waals surface area contributed by atoms with Crippen LogP contribution in [-0.2, 0) is 9.59 Å². The van der Waals surface area contributed by atoms with E-state index in [-0.39, 0.29) is 0 Å². The van der Waals surface area contributed by atoms with Crippen LogP contribution < -0.4 is 0 Å². The fourth-order valence-electron chi connectivity index (χ4n) is 1.76. The molecule has 0 saturated carbocycles. The molecule has 0 spiro atoms. The van der Waals surface area contributed by atoms with Crippen molar-refractivity contribution in [1.82, 2.24) is 0 Å². The van der Waals surface area contributed by atoms with Crippen molar-refractivity contribution in [2.24, 2.45) is 8.80 Å². The molecule has 0 atom stereocenters. The molecule has 0 saturated heterocycles. The number of benzene rings is 1. The van der Waals surface area contributed by atoms with E-state index in [0.29, 0.717) is 29.9 Å². The van der Waals surface area contributed by atoms with Crippen LogP contribution in [0.5, 0.6) is 0 Å². The van der Waals surface area contributed by atoms with E-state index in [1.807, 2.05) is 0 Å². The highest BCUT2D eigenvalue weighted by atomic mass is 32.2. The first-order valence-corrected chi connectivity index (χ1v) is 8.01. The van der Waals surface area contributed by atoms with E-state index < -0.39 is 0 Å². The van der Waals surface area contributed by atoms with Crippen LogP contribution in [0.3, 0.4) is 0 Å². The molecule has 22 heavy (non-hydrogen) atoms. The van der Waals surface area contributed by atoms with Crippen molar-refractivity contribution in [2.45, 2.75) is 59.3 Å². The summed E-state index contributed by atoms with van der Waals surface area (Å²) in [6, 6.07) is 7.09. The van der Waals surface area contributed by atoms with Crippen molar-refractivity contribution in [1.29, 1.82) is 0 Å². The maximum absolute atomic E-state index is 9.18. The van der Waals surface area contributed by atoms with E-state index in [2.05, 4.69) is 68.5 Å². The number of rotatable bonds is 5. The van der Waals surface area contributed by atoms with Gasteiger partial charge in [0.15, 0.2) is 0 Å².